The molecule has 0 atom stereocenters. The molecule has 5 rings (SSSR count). The number of hydrogen-bond acceptors (Lipinski definition) is 5. The van der Waals surface area contributed by atoms with Crippen LogP contribution in [-0.4, -0.2) is 74.2 Å². The molecule has 0 bridgehead atoms. The summed E-state index contributed by atoms with van der Waals surface area (Å²) in [5.41, 5.74) is 7.56. The smallest absolute Gasteiger partial charge is 0.236 e. The third-order valence-corrected chi connectivity index (χ3v) is 6.92. The van der Waals surface area contributed by atoms with Gasteiger partial charge in [-0.1, -0.05) is 19.9 Å². The van der Waals surface area contributed by atoms with Crippen molar-refractivity contribution in [2.75, 3.05) is 33.7 Å². The third-order valence-electron chi connectivity index (χ3n) is 6.92. The Labute approximate surface area is 200 Å². The molecule has 0 spiro atoms. The maximum absolute atomic E-state index is 12.4. The van der Waals surface area contributed by atoms with Crippen molar-refractivity contribution in [1.29, 1.82) is 0 Å². The second kappa shape index (κ2) is 8.83. The highest BCUT2D eigenvalue weighted by atomic mass is 16.2. The zero-order chi connectivity index (χ0) is 24.0. The number of amides is 1. The molecule has 1 N–H and O–H groups in total. The molecule has 3 aromatic heterocycles. The van der Waals surface area contributed by atoms with Crippen LogP contribution in [0.3, 0.4) is 0 Å². The first-order valence-electron chi connectivity index (χ1n) is 12.1. The fourth-order valence-electron chi connectivity index (χ4n) is 5.20. The van der Waals surface area contributed by atoms with Gasteiger partial charge < -0.3 is 14.8 Å². The van der Waals surface area contributed by atoms with Crippen LogP contribution < -0.4 is 0 Å². The second-order valence-corrected chi connectivity index (χ2v) is 10.0. The molecule has 1 aliphatic heterocycles. The number of carbonyl (C=O) groups excluding carboxylic acids is 1. The van der Waals surface area contributed by atoms with Gasteiger partial charge in [-0.05, 0) is 80.6 Å². The van der Waals surface area contributed by atoms with Crippen molar-refractivity contribution in [3.05, 3.63) is 47.3 Å². The average molecular weight is 460 g/mol. The van der Waals surface area contributed by atoms with E-state index in [1.807, 2.05) is 30.0 Å². The van der Waals surface area contributed by atoms with E-state index < -0.39 is 0 Å². The number of piperidine rings is 1. The predicted molar refractivity (Wildman–Crippen MR) is 134 cm³/mol. The Balaban J connectivity index is 1.47. The number of fused-ring (bicyclic) bond motifs is 2. The molecule has 4 aromatic rings. The van der Waals surface area contributed by atoms with Gasteiger partial charge in [0.25, 0.3) is 0 Å². The van der Waals surface area contributed by atoms with Gasteiger partial charge in [0.1, 0.15) is 12.0 Å². The Morgan fingerprint density at radius 2 is 1.97 bits per heavy atom. The van der Waals surface area contributed by atoms with Crippen molar-refractivity contribution >= 4 is 22.5 Å². The number of aryl methyl sites for hydroxylation is 1. The van der Waals surface area contributed by atoms with Gasteiger partial charge in [0.15, 0.2) is 5.65 Å². The molecule has 0 unspecified atom stereocenters. The van der Waals surface area contributed by atoms with E-state index in [1.165, 1.54) is 22.8 Å². The number of aromatic amines is 1. The number of H-pyrrole nitrogens is 1. The standard InChI is InChI=1S/C26H33N7O/c1-16(2)24-20-13-19(18-8-10-32(11-9-18)23(34)14-31(4)5)6-7-21(20)29-26(24)25-17(3)12-22-27-15-28-33(22)30-25/h6-7,12-13,15-16,18,29H,8-11,14H2,1-5H3. The molecule has 4 heterocycles. The Hall–Kier alpha value is -3.26. The lowest BCUT2D eigenvalue weighted by atomic mass is 9.87. The van der Waals surface area contributed by atoms with E-state index in [1.54, 1.807) is 4.63 Å². The zero-order valence-corrected chi connectivity index (χ0v) is 20.7. The lowest BCUT2D eigenvalue weighted by molar-refractivity contribution is -0.132. The van der Waals surface area contributed by atoms with E-state index in [-0.39, 0.29) is 5.91 Å². The first-order chi connectivity index (χ1) is 16.3. The normalized spacial score (nSPS) is 15.3. The van der Waals surface area contributed by atoms with Gasteiger partial charge >= 0.3 is 0 Å². The number of likely N-dealkylation sites (N-methyl/N-ethyl adjacent to an activating group) is 1. The number of likely N-dealkylation sites (tertiary alicyclic amines) is 1. The van der Waals surface area contributed by atoms with Crippen LogP contribution in [-0.2, 0) is 4.79 Å². The van der Waals surface area contributed by atoms with E-state index in [2.05, 4.69) is 54.0 Å². The van der Waals surface area contributed by atoms with Crippen molar-refractivity contribution in [1.82, 2.24) is 34.6 Å². The molecule has 0 radical (unpaired) electrons. The van der Waals surface area contributed by atoms with E-state index in [0.717, 1.165) is 54.0 Å². The number of nitrogens with one attached hydrogen (secondary N) is 1. The maximum atomic E-state index is 12.4. The largest absolute Gasteiger partial charge is 0.353 e. The molecule has 8 heteroatoms. The van der Waals surface area contributed by atoms with Crippen molar-refractivity contribution in [2.45, 2.75) is 45.4 Å². The van der Waals surface area contributed by atoms with Gasteiger partial charge in [-0.25, -0.2) is 4.98 Å². The van der Waals surface area contributed by atoms with Gasteiger partial charge in [-0.2, -0.15) is 0 Å². The Morgan fingerprint density at radius 1 is 1.21 bits per heavy atom. The fourth-order valence-corrected chi connectivity index (χ4v) is 5.20. The molecular weight excluding hydrogens is 426 g/mol. The van der Waals surface area contributed by atoms with Crippen molar-refractivity contribution in [3.63, 3.8) is 0 Å². The van der Waals surface area contributed by atoms with E-state index in [4.69, 9.17) is 5.10 Å². The molecule has 1 aliphatic rings. The number of hydrogen-bond donors (Lipinski definition) is 1. The first-order valence-corrected chi connectivity index (χ1v) is 12.1. The van der Waals surface area contributed by atoms with Crippen LogP contribution in [0.25, 0.3) is 27.9 Å². The van der Waals surface area contributed by atoms with Gasteiger partial charge in [0, 0.05) is 24.0 Å². The number of benzene rings is 1. The summed E-state index contributed by atoms with van der Waals surface area (Å²) >= 11 is 0. The molecule has 1 fully saturated rings. The molecule has 34 heavy (non-hydrogen) atoms. The van der Waals surface area contributed by atoms with E-state index >= 15 is 0 Å². The van der Waals surface area contributed by atoms with Crippen LogP contribution >= 0.6 is 0 Å². The average Bonchev–Trinajstić information content (AvgIpc) is 3.41. The van der Waals surface area contributed by atoms with Crippen LogP contribution in [0.15, 0.2) is 30.6 Å². The van der Waals surface area contributed by atoms with Gasteiger partial charge in [-0.3, -0.25) is 4.79 Å². The van der Waals surface area contributed by atoms with Gasteiger partial charge in [0.05, 0.1) is 12.2 Å². The molecule has 0 saturated carbocycles. The summed E-state index contributed by atoms with van der Waals surface area (Å²) in [6.45, 7) is 8.67. The quantitative estimate of drug-likeness (QED) is 0.488. The van der Waals surface area contributed by atoms with Crippen LogP contribution in [0.1, 0.15) is 55.2 Å². The molecular formula is C26H33N7O. The Morgan fingerprint density at radius 3 is 2.68 bits per heavy atom. The number of aromatic nitrogens is 5. The van der Waals surface area contributed by atoms with Crippen LogP contribution in [0.5, 0.6) is 0 Å². The number of nitrogens with zero attached hydrogens (tertiary/aromatic N) is 6. The molecule has 1 aromatic carbocycles. The van der Waals surface area contributed by atoms with Crippen molar-refractivity contribution in [3.8, 4) is 11.4 Å². The topological polar surface area (TPSA) is 82.4 Å². The van der Waals surface area contributed by atoms with Gasteiger partial charge in [0.2, 0.25) is 5.91 Å². The fraction of sp³-hybridized carbons (Fsp3) is 0.462. The molecule has 1 saturated heterocycles. The monoisotopic (exact) mass is 459 g/mol. The number of rotatable bonds is 5. The molecule has 1 amide bonds. The van der Waals surface area contributed by atoms with Gasteiger partial charge in [-0.15, -0.1) is 14.8 Å². The van der Waals surface area contributed by atoms with Crippen LogP contribution in [0.4, 0.5) is 0 Å². The van der Waals surface area contributed by atoms with Crippen LogP contribution in [0, 0.1) is 6.92 Å². The SMILES string of the molecule is Cc1cc2ncnn2nc1-c1[nH]c2ccc(C3CCN(C(=O)CN(C)C)CC3)cc2c1C(C)C. The summed E-state index contributed by atoms with van der Waals surface area (Å²) in [7, 11) is 3.89. The predicted octanol–water partition coefficient (Wildman–Crippen LogP) is 3.97. The summed E-state index contributed by atoms with van der Waals surface area (Å²) in [4.78, 5) is 24.3. The Bertz CT molecular complexity index is 1340. The van der Waals surface area contributed by atoms with Crippen molar-refractivity contribution in [2.24, 2.45) is 0 Å². The summed E-state index contributed by atoms with van der Waals surface area (Å²) in [5, 5.41) is 10.3. The van der Waals surface area contributed by atoms with E-state index in [9.17, 15) is 4.79 Å². The lowest BCUT2D eigenvalue weighted by Gasteiger charge is -2.33. The minimum absolute atomic E-state index is 0.225. The summed E-state index contributed by atoms with van der Waals surface area (Å²) in [6.07, 6.45) is 3.54. The highest BCUT2D eigenvalue weighted by molar-refractivity contribution is 5.92. The highest BCUT2D eigenvalue weighted by Gasteiger charge is 2.25. The Kier molecular flexibility index (Phi) is 5.85. The maximum Gasteiger partial charge on any atom is 0.236 e. The number of carbonyl (C=O) groups is 1. The molecule has 0 aliphatic carbocycles. The summed E-state index contributed by atoms with van der Waals surface area (Å²) < 4.78 is 1.59. The lowest BCUT2D eigenvalue weighted by Crippen LogP contribution is -2.42. The van der Waals surface area contributed by atoms with E-state index in [0.29, 0.717) is 18.4 Å². The third kappa shape index (κ3) is 4.07. The van der Waals surface area contributed by atoms with Crippen molar-refractivity contribution < 1.29 is 4.79 Å². The highest BCUT2D eigenvalue weighted by Crippen LogP contribution is 2.38. The zero-order valence-electron chi connectivity index (χ0n) is 20.7. The van der Waals surface area contributed by atoms with Crippen LogP contribution in [0.2, 0.25) is 0 Å². The summed E-state index contributed by atoms with van der Waals surface area (Å²) in [5.74, 6) is 1.03. The summed E-state index contributed by atoms with van der Waals surface area (Å²) in [6, 6.07) is 8.83. The minimum Gasteiger partial charge on any atom is -0.353 e. The molecule has 8 nitrogen and oxygen atoms in total. The minimum atomic E-state index is 0.225. The first kappa shape index (κ1) is 22.5. The molecule has 178 valence electrons. The second-order valence-electron chi connectivity index (χ2n) is 10.0.